The van der Waals surface area contributed by atoms with Crippen molar-refractivity contribution in [3.05, 3.63) is 34.4 Å². The summed E-state index contributed by atoms with van der Waals surface area (Å²) in [5.41, 5.74) is 7.24. The van der Waals surface area contributed by atoms with E-state index in [4.69, 9.17) is 28.9 Å². The second-order valence-electron chi connectivity index (χ2n) is 5.84. The van der Waals surface area contributed by atoms with Crippen LogP contribution in [0.5, 0.6) is 0 Å². The van der Waals surface area contributed by atoms with Gasteiger partial charge in [0, 0.05) is 18.7 Å². The van der Waals surface area contributed by atoms with Crippen LogP contribution in [0.3, 0.4) is 0 Å². The average molecular weight is 353 g/mol. The maximum absolute atomic E-state index is 10.0. The second-order valence-corrected chi connectivity index (χ2v) is 6.63. The summed E-state index contributed by atoms with van der Waals surface area (Å²) in [5.74, 6) is 1.25. The highest BCUT2D eigenvalue weighted by Crippen LogP contribution is 2.35. The lowest BCUT2D eigenvalue weighted by Gasteiger charge is -2.34. The quantitative estimate of drug-likeness (QED) is 0.867. The number of nitrogens with zero attached hydrogens (tertiary/aromatic N) is 3. The van der Waals surface area contributed by atoms with Crippen molar-refractivity contribution in [2.75, 3.05) is 23.7 Å². The summed E-state index contributed by atoms with van der Waals surface area (Å²) in [5, 5.41) is 10.9. The Balaban J connectivity index is 1.91. The minimum absolute atomic E-state index is 0.291. The van der Waals surface area contributed by atoms with Gasteiger partial charge in [-0.1, -0.05) is 42.3 Å². The van der Waals surface area contributed by atoms with Gasteiger partial charge in [0.2, 0.25) is 0 Å². The van der Waals surface area contributed by atoms with E-state index >= 15 is 0 Å². The Hall–Kier alpha value is -1.56. The van der Waals surface area contributed by atoms with Gasteiger partial charge < -0.3 is 15.7 Å². The van der Waals surface area contributed by atoms with Crippen molar-refractivity contribution < 1.29 is 5.11 Å². The average Bonchev–Trinajstić information content (AvgIpc) is 2.53. The van der Waals surface area contributed by atoms with Crippen LogP contribution < -0.4 is 10.6 Å². The predicted octanol–water partition coefficient (Wildman–Crippen LogP) is 3.24. The summed E-state index contributed by atoms with van der Waals surface area (Å²) in [6, 6.07) is 5.31. The van der Waals surface area contributed by atoms with Gasteiger partial charge in [-0.3, -0.25) is 0 Å². The third-order valence-corrected chi connectivity index (χ3v) is 5.06. The van der Waals surface area contributed by atoms with Crippen molar-refractivity contribution >= 4 is 34.8 Å². The lowest BCUT2D eigenvalue weighted by atomic mass is 9.96. The second kappa shape index (κ2) is 6.51. The first kappa shape index (κ1) is 16.3. The Labute approximate surface area is 145 Å². The van der Waals surface area contributed by atoms with Gasteiger partial charge >= 0.3 is 0 Å². The molecule has 2 atom stereocenters. The summed E-state index contributed by atoms with van der Waals surface area (Å²) in [6.45, 7) is 3.41. The van der Waals surface area contributed by atoms with E-state index in [0.717, 1.165) is 13.0 Å². The van der Waals surface area contributed by atoms with Gasteiger partial charge in [0.1, 0.15) is 11.5 Å². The highest BCUT2D eigenvalue weighted by molar-refractivity contribution is 6.43. The van der Waals surface area contributed by atoms with Crippen LogP contribution in [-0.2, 0) is 0 Å². The van der Waals surface area contributed by atoms with E-state index in [-0.39, 0.29) is 6.10 Å². The molecule has 2 aromatic rings. The molecule has 0 amide bonds. The van der Waals surface area contributed by atoms with Crippen molar-refractivity contribution in [1.29, 1.82) is 0 Å². The van der Waals surface area contributed by atoms with Crippen LogP contribution in [-0.4, -0.2) is 34.3 Å². The largest absolute Gasteiger partial charge is 0.391 e. The van der Waals surface area contributed by atoms with E-state index in [1.165, 1.54) is 0 Å². The zero-order chi connectivity index (χ0) is 16.6. The molecule has 0 bridgehead atoms. The van der Waals surface area contributed by atoms with Crippen LogP contribution in [0.25, 0.3) is 11.3 Å². The number of aliphatic hydroxyl groups is 1. The Bertz CT molecular complexity index is 725. The van der Waals surface area contributed by atoms with E-state index < -0.39 is 0 Å². The van der Waals surface area contributed by atoms with Gasteiger partial charge in [0.15, 0.2) is 5.82 Å². The van der Waals surface area contributed by atoms with E-state index in [1.807, 2.05) is 11.8 Å². The van der Waals surface area contributed by atoms with Crippen LogP contribution in [0, 0.1) is 5.92 Å². The van der Waals surface area contributed by atoms with Crippen molar-refractivity contribution in [3.63, 3.8) is 0 Å². The van der Waals surface area contributed by atoms with Crippen LogP contribution in [0.15, 0.2) is 24.4 Å². The minimum Gasteiger partial charge on any atom is -0.391 e. The molecule has 0 radical (unpaired) electrons. The molecule has 23 heavy (non-hydrogen) atoms. The van der Waals surface area contributed by atoms with Crippen LogP contribution in [0.1, 0.15) is 13.3 Å². The van der Waals surface area contributed by atoms with Gasteiger partial charge in [-0.25, -0.2) is 9.97 Å². The Kier molecular flexibility index (Phi) is 4.62. The molecule has 7 heteroatoms. The van der Waals surface area contributed by atoms with Gasteiger partial charge in [-0.05, 0) is 18.4 Å². The smallest absolute Gasteiger partial charge is 0.152 e. The molecule has 1 saturated heterocycles. The predicted molar refractivity (Wildman–Crippen MR) is 93.9 cm³/mol. The molecule has 0 saturated carbocycles. The number of nitrogen functional groups attached to an aromatic ring is 1. The molecule has 0 aliphatic carbocycles. The fourth-order valence-corrected chi connectivity index (χ4v) is 3.09. The van der Waals surface area contributed by atoms with Gasteiger partial charge in [-0.15, -0.1) is 0 Å². The molecular weight excluding hydrogens is 335 g/mol. The number of anilines is 2. The fraction of sp³-hybridized carbons (Fsp3) is 0.375. The first-order valence-corrected chi connectivity index (χ1v) is 8.23. The number of nitrogens with two attached hydrogens (primary N) is 1. The highest BCUT2D eigenvalue weighted by atomic mass is 35.5. The number of aliphatic hydroxyl groups excluding tert-OH is 1. The summed E-state index contributed by atoms with van der Waals surface area (Å²) in [4.78, 5) is 10.8. The molecule has 1 fully saturated rings. The lowest BCUT2D eigenvalue weighted by Crippen LogP contribution is -2.43. The highest BCUT2D eigenvalue weighted by Gasteiger charge is 2.25. The third kappa shape index (κ3) is 3.22. The Morgan fingerprint density at radius 3 is 2.83 bits per heavy atom. The zero-order valence-corrected chi connectivity index (χ0v) is 14.2. The number of hydrogen-bond acceptors (Lipinski definition) is 5. The van der Waals surface area contributed by atoms with Crippen molar-refractivity contribution in [1.82, 2.24) is 9.97 Å². The maximum atomic E-state index is 10.0. The van der Waals surface area contributed by atoms with E-state index in [9.17, 15) is 5.11 Å². The number of rotatable bonds is 2. The molecule has 1 aromatic carbocycles. The lowest BCUT2D eigenvalue weighted by molar-refractivity contribution is 0.102. The SMILES string of the molecule is CC1CCN(c2cnc(-c3cccc(Cl)c3Cl)c(N)n2)CC1O. The molecule has 5 nitrogen and oxygen atoms in total. The van der Waals surface area contributed by atoms with Crippen molar-refractivity contribution in [3.8, 4) is 11.3 Å². The van der Waals surface area contributed by atoms with Crippen molar-refractivity contribution in [2.24, 2.45) is 5.92 Å². The molecule has 3 N–H and O–H groups in total. The maximum Gasteiger partial charge on any atom is 0.152 e. The molecule has 1 aromatic heterocycles. The van der Waals surface area contributed by atoms with Crippen LogP contribution >= 0.6 is 23.2 Å². The number of piperidine rings is 1. The van der Waals surface area contributed by atoms with Crippen LogP contribution in [0.4, 0.5) is 11.6 Å². The van der Waals surface area contributed by atoms with E-state index in [2.05, 4.69) is 9.97 Å². The summed E-state index contributed by atoms with van der Waals surface area (Å²) < 4.78 is 0. The number of benzene rings is 1. The summed E-state index contributed by atoms with van der Waals surface area (Å²) in [6.07, 6.45) is 2.20. The number of β-amino-alcohol motifs (C(OH)–C–C–N with tert-alkyl or cyclic N) is 1. The molecule has 2 unspecified atom stereocenters. The van der Waals surface area contributed by atoms with Crippen molar-refractivity contribution in [2.45, 2.75) is 19.4 Å². The van der Waals surface area contributed by atoms with Gasteiger partial charge in [0.25, 0.3) is 0 Å². The molecular formula is C16H18Cl2N4O. The first-order chi connectivity index (χ1) is 11.0. The van der Waals surface area contributed by atoms with E-state index in [1.54, 1.807) is 24.4 Å². The molecule has 0 spiro atoms. The summed E-state index contributed by atoms with van der Waals surface area (Å²) in [7, 11) is 0. The molecule has 122 valence electrons. The molecule has 1 aliphatic rings. The normalized spacial score (nSPS) is 21.5. The minimum atomic E-state index is -0.367. The standard InChI is InChI=1S/C16H18Cl2N4O/c1-9-5-6-22(8-12(9)23)13-7-20-15(16(19)21-13)10-3-2-4-11(17)14(10)18/h2-4,7,9,12,23H,5-6,8H2,1H3,(H2,19,21). The zero-order valence-electron chi connectivity index (χ0n) is 12.7. The number of aromatic nitrogens is 2. The summed E-state index contributed by atoms with van der Waals surface area (Å²) >= 11 is 12.3. The fourth-order valence-electron chi connectivity index (χ4n) is 2.70. The topological polar surface area (TPSA) is 75.3 Å². The first-order valence-electron chi connectivity index (χ1n) is 7.47. The number of halogens is 2. The van der Waals surface area contributed by atoms with E-state index in [0.29, 0.717) is 45.4 Å². The van der Waals surface area contributed by atoms with Gasteiger partial charge in [-0.2, -0.15) is 0 Å². The molecule has 1 aliphatic heterocycles. The third-order valence-electron chi connectivity index (χ3n) is 4.24. The molecule has 2 heterocycles. The van der Waals surface area contributed by atoms with Crippen LogP contribution in [0.2, 0.25) is 10.0 Å². The Morgan fingerprint density at radius 2 is 2.13 bits per heavy atom. The van der Waals surface area contributed by atoms with Gasteiger partial charge in [0.05, 0.1) is 22.3 Å². The molecule has 3 rings (SSSR count). The number of hydrogen-bond donors (Lipinski definition) is 2. The monoisotopic (exact) mass is 352 g/mol. The Morgan fingerprint density at radius 1 is 1.35 bits per heavy atom.